The molecule has 0 aliphatic carbocycles. The zero-order chi connectivity index (χ0) is 80.9. The fourth-order valence-electron chi connectivity index (χ4n) is 20.2. The number of nitrogens with zero attached hydrogens (tertiary/aromatic N) is 2. The van der Waals surface area contributed by atoms with E-state index in [4.69, 9.17) is 23.7 Å². The lowest BCUT2D eigenvalue weighted by Gasteiger charge is -2.34. The van der Waals surface area contributed by atoms with E-state index in [9.17, 15) is 24.0 Å². The van der Waals surface area contributed by atoms with Gasteiger partial charge >= 0.3 is 36.8 Å². The number of aryl methyl sites for hydroxylation is 5. The second kappa shape index (κ2) is 30.3. The van der Waals surface area contributed by atoms with Gasteiger partial charge in [-0.1, -0.05) is 200 Å². The molecule has 0 bridgehead atoms. The molecule has 1 aromatic heterocycles. The number of fused-ring (bicyclic) bond motifs is 8. The third-order valence-electron chi connectivity index (χ3n) is 25.3. The highest BCUT2D eigenvalue weighted by atomic mass is 19.2. The van der Waals surface area contributed by atoms with Gasteiger partial charge in [0.1, 0.15) is 17.0 Å². The van der Waals surface area contributed by atoms with Gasteiger partial charge in [-0.2, -0.15) is 0 Å². The van der Waals surface area contributed by atoms with Gasteiger partial charge in [-0.05, 0) is 285 Å². The molecular formula is C103H87BF2N2O10. The second-order valence-electron chi connectivity index (χ2n) is 32.3. The highest BCUT2D eigenvalue weighted by Gasteiger charge is 2.58. The summed E-state index contributed by atoms with van der Waals surface area (Å²) >= 11 is 0. The van der Waals surface area contributed by atoms with E-state index in [0.29, 0.717) is 86.5 Å². The molecule has 15 heteroatoms. The lowest BCUT2D eigenvalue weighted by atomic mass is 9.81. The van der Waals surface area contributed by atoms with Crippen molar-refractivity contribution in [3.05, 3.63) is 285 Å². The monoisotopic (exact) mass is 1560 g/mol. The van der Waals surface area contributed by atoms with E-state index in [1.807, 2.05) is 13.8 Å². The molecule has 0 fully saturated rings. The maximum Gasteiger partial charge on any atom is 0.737 e. The van der Waals surface area contributed by atoms with E-state index in [1.165, 1.54) is 149 Å². The number of ether oxygens (including phenoxy) is 5. The van der Waals surface area contributed by atoms with E-state index >= 15 is 8.63 Å². The van der Waals surface area contributed by atoms with Crippen molar-refractivity contribution in [1.82, 2.24) is 4.48 Å². The summed E-state index contributed by atoms with van der Waals surface area (Å²) < 4.78 is 67.8. The molecule has 0 spiro atoms. The maximum absolute atomic E-state index is 18.3. The van der Waals surface area contributed by atoms with Crippen molar-refractivity contribution in [2.45, 2.75) is 125 Å². The van der Waals surface area contributed by atoms with Crippen LogP contribution in [0, 0.1) is 27.7 Å². The summed E-state index contributed by atoms with van der Waals surface area (Å²) in [5.41, 5.74) is 6.12. The number of hydrogen-bond donors (Lipinski definition) is 0. The first-order valence-electron chi connectivity index (χ1n) is 41.5. The van der Waals surface area contributed by atoms with Crippen LogP contribution in [0.4, 0.5) is 8.63 Å². The van der Waals surface area contributed by atoms with Gasteiger partial charge in [0.2, 0.25) is 0 Å². The predicted molar refractivity (Wildman–Crippen MR) is 472 cm³/mol. The van der Waals surface area contributed by atoms with Crippen LogP contribution in [0.25, 0.3) is 135 Å². The summed E-state index contributed by atoms with van der Waals surface area (Å²) in [7, 11) is 0. The first-order chi connectivity index (χ1) is 57.4. The van der Waals surface area contributed by atoms with Crippen molar-refractivity contribution in [3.8, 4) is 5.75 Å². The Balaban J connectivity index is 0.525. The van der Waals surface area contributed by atoms with Gasteiger partial charge in [-0.15, -0.1) is 0 Å². The van der Waals surface area contributed by atoms with Gasteiger partial charge < -0.3 is 41.3 Å². The zero-order valence-corrected chi connectivity index (χ0v) is 67.0. The Morgan fingerprint density at radius 1 is 0.373 bits per heavy atom. The van der Waals surface area contributed by atoms with E-state index in [0.717, 1.165) is 19.9 Å². The van der Waals surface area contributed by atoms with Crippen molar-refractivity contribution in [1.29, 1.82) is 0 Å². The van der Waals surface area contributed by atoms with Crippen LogP contribution in [0.5, 0.6) is 5.75 Å². The topological polar surface area (TPSA) is 139 Å². The number of halogens is 2. The number of unbranched alkanes of at least 4 members (excludes halogenated alkanes) is 2. The second-order valence-corrected chi connectivity index (χ2v) is 32.3. The van der Waals surface area contributed by atoms with Crippen LogP contribution in [-0.4, -0.2) is 77.9 Å². The number of carbonyl (C=O) groups excluding carboxylic acids is 5. The molecular weight excluding hydrogens is 1470 g/mol. The van der Waals surface area contributed by atoms with E-state index in [1.54, 1.807) is 26.0 Å². The van der Waals surface area contributed by atoms with Crippen molar-refractivity contribution in [3.63, 3.8) is 0 Å². The molecule has 19 rings (SSSR count). The van der Waals surface area contributed by atoms with Crippen LogP contribution < -0.4 is 4.74 Å². The molecule has 0 saturated carbocycles. The summed E-state index contributed by atoms with van der Waals surface area (Å²) in [4.78, 5) is 69.5. The molecule has 586 valence electrons. The van der Waals surface area contributed by atoms with Crippen molar-refractivity contribution in [2.75, 3.05) is 26.4 Å². The molecule has 17 aromatic rings. The van der Waals surface area contributed by atoms with Crippen LogP contribution >= 0.6 is 0 Å². The number of rotatable bonds is 26. The minimum Gasteiger partial charge on any atom is -0.466 e. The number of benzene rings is 16. The van der Waals surface area contributed by atoms with E-state index < -0.39 is 24.9 Å². The van der Waals surface area contributed by atoms with Crippen LogP contribution in [-0.2, 0) is 57.4 Å². The van der Waals surface area contributed by atoms with Crippen molar-refractivity contribution in [2.24, 2.45) is 0 Å². The van der Waals surface area contributed by atoms with Crippen LogP contribution in [0.3, 0.4) is 0 Å². The van der Waals surface area contributed by atoms with Gasteiger partial charge in [-0.3, -0.25) is 14.4 Å². The predicted octanol–water partition coefficient (Wildman–Crippen LogP) is 24.0. The fourth-order valence-corrected chi connectivity index (χ4v) is 20.2. The Labute approximate surface area is 680 Å². The standard InChI is InChI=1S/C103H87BF2N2O10/c1-59-57-71(118-89(111)46-19-25-67-49-52-86-80-40-16-31-70-28-13-37-77(95(70)80)83-43-22-34-74(67)98(83)86)58-60(2)90(59)99-100-61(3)91(102(112)116-55-9-7-53-114-87(109)44-17-23-65-47-50-84-78-38-14-29-68-26-11-35-75(93(68)78)81-41-20-32-72(65)96(81)84)63(5)107(100)104(105,106)108-64(6)92(62(4)101(99)108)103(113)117-56-10-8-54-115-88(110)45-18-24-66-48-51-85-79-39-15-30-69-27-12-36-76(94(69)79)82-42-21-33-73(66)97(82)85/h11-16,20-22,26-43,47-52,57-58H,7-10,17-19,23-25,44-46,53-56H2,1-6H3. The molecule has 0 saturated heterocycles. The highest BCUT2D eigenvalue weighted by Crippen LogP contribution is 2.51. The van der Waals surface area contributed by atoms with Crippen LogP contribution in [0.1, 0.15) is 139 Å². The number of esters is 5. The number of aromatic nitrogens is 1. The number of carbonyl (C=O) groups is 5. The Kier molecular flexibility index (Phi) is 19.3. The maximum atomic E-state index is 18.3. The summed E-state index contributed by atoms with van der Waals surface area (Å²) in [5, 5.41) is 29.1. The number of hydrogen-bond acceptors (Lipinski definition) is 10. The molecule has 16 aromatic carbocycles. The van der Waals surface area contributed by atoms with E-state index in [2.05, 4.69) is 200 Å². The minimum absolute atomic E-state index is 0.0183. The molecule has 2 aliphatic heterocycles. The normalized spacial score (nSPS) is 13.6. The van der Waals surface area contributed by atoms with E-state index in [-0.39, 0.29) is 108 Å². The van der Waals surface area contributed by atoms with Crippen LogP contribution in [0.2, 0.25) is 0 Å². The lowest BCUT2D eigenvalue weighted by molar-refractivity contribution is -0.363. The minimum atomic E-state index is -4.83. The smallest absolute Gasteiger partial charge is 0.466 e. The SMILES string of the molecule is CC1=C(C(=O)OCCCCOC(=O)CCCc2ccc3c4cccc5cccc(c6cccc2c63)c54)C(C)=[N+]2C1=C(c1c(C)cc(OC(=O)CCCc3ccc4c5cccc6cccc(c7cccc3c74)c65)cc1C)c1c(C)c(C(=O)OCCCCOC(=O)CCCc3ccc4c5cccc6cccc(c7cccc3c74)c65)c(C)n1[B-]2(F)F. The van der Waals surface area contributed by atoms with Crippen molar-refractivity contribution >= 4 is 177 Å². The quantitative estimate of drug-likeness (QED) is 0.00979. The fraction of sp³-hybridized carbons (Fsp3) is 0.223. The van der Waals surface area contributed by atoms with Crippen LogP contribution in [0.15, 0.2) is 229 Å². The Hall–Kier alpha value is -12.9. The van der Waals surface area contributed by atoms with Gasteiger partial charge in [0.15, 0.2) is 5.70 Å². The highest BCUT2D eigenvalue weighted by molar-refractivity contribution is 6.59. The average Bonchev–Trinajstić information content (AvgIpc) is 1.49. The summed E-state index contributed by atoms with van der Waals surface area (Å²) in [6.07, 6.45) is 5.80. The largest absolute Gasteiger partial charge is 0.737 e. The number of allylic oxidation sites excluding steroid dienone is 1. The summed E-state index contributed by atoms with van der Waals surface area (Å²) in [6.45, 7) is 5.18. The van der Waals surface area contributed by atoms with Gasteiger partial charge in [0, 0.05) is 37.5 Å². The molecule has 2 aliphatic rings. The molecule has 0 unspecified atom stereocenters. The Morgan fingerprint density at radius 3 is 1.09 bits per heavy atom. The molecule has 118 heavy (non-hydrogen) atoms. The summed E-state index contributed by atoms with van der Waals surface area (Å²) in [5.74, 6) is -2.36. The first-order valence-corrected chi connectivity index (χ1v) is 41.5. The molecule has 0 N–H and O–H groups in total. The Morgan fingerprint density at radius 2 is 0.703 bits per heavy atom. The molecule has 3 heterocycles. The molecule has 0 amide bonds. The Bertz CT molecular complexity index is 7010. The third kappa shape index (κ3) is 12.6. The van der Waals surface area contributed by atoms with Gasteiger partial charge in [0.05, 0.1) is 37.6 Å². The molecule has 0 radical (unpaired) electrons. The molecule has 12 nitrogen and oxygen atoms in total. The van der Waals surface area contributed by atoms with Gasteiger partial charge in [0.25, 0.3) is 0 Å². The molecule has 0 atom stereocenters. The van der Waals surface area contributed by atoms with Gasteiger partial charge in [-0.25, -0.2) is 9.59 Å². The zero-order valence-electron chi connectivity index (χ0n) is 67.0. The third-order valence-corrected chi connectivity index (χ3v) is 25.3. The average molecular weight is 1560 g/mol. The lowest BCUT2D eigenvalue weighted by Crippen LogP contribution is -2.52. The summed E-state index contributed by atoms with van der Waals surface area (Å²) in [6, 6.07) is 74.8. The van der Waals surface area contributed by atoms with Crippen molar-refractivity contribution < 1.29 is 60.8 Å². The first kappa shape index (κ1) is 75.2.